The minimum Gasteiger partial charge on any atom is -0.494 e. The van der Waals surface area contributed by atoms with E-state index in [9.17, 15) is 26.4 Å². The van der Waals surface area contributed by atoms with Crippen LogP contribution in [0.5, 0.6) is 5.75 Å². The van der Waals surface area contributed by atoms with Gasteiger partial charge in [-0.25, -0.2) is 26.4 Å². The number of halogens is 4. The number of fused-ring (bicyclic) bond motifs is 6. The van der Waals surface area contributed by atoms with Crippen LogP contribution in [0.25, 0.3) is 11.1 Å². The molecule has 172 valence electrons. The zero-order valence-corrected chi connectivity index (χ0v) is 18.5. The van der Waals surface area contributed by atoms with Crippen molar-refractivity contribution in [1.29, 1.82) is 0 Å². The molecule has 0 aromatic heterocycles. The Balaban J connectivity index is 1.99. The van der Waals surface area contributed by atoms with Crippen LogP contribution in [0.2, 0.25) is 5.02 Å². The molecule has 6 nitrogen and oxygen atoms in total. The Hall–Kier alpha value is -3.24. The van der Waals surface area contributed by atoms with Gasteiger partial charge >= 0.3 is 5.97 Å². The first-order valence-corrected chi connectivity index (χ1v) is 11.3. The molecule has 0 saturated carbocycles. The maximum Gasteiger partial charge on any atom is 0.338 e. The van der Waals surface area contributed by atoms with Gasteiger partial charge in [-0.3, -0.25) is 4.72 Å². The average Bonchev–Trinajstić information content (AvgIpc) is 2.76. The third kappa shape index (κ3) is 4.36. The van der Waals surface area contributed by atoms with Crippen LogP contribution < -0.4 is 9.46 Å². The molecule has 0 unspecified atom stereocenters. The van der Waals surface area contributed by atoms with Gasteiger partial charge in [0.05, 0.1) is 30.0 Å². The van der Waals surface area contributed by atoms with E-state index in [1.165, 1.54) is 12.1 Å². The molecule has 4 bridgehead atoms. The fraction of sp³-hybridized carbons (Fsp3) is 0.136. The first-order valence-electron chi connectivity index (χ1n) is 9.46. The number of benzene rings is 3. The van der Waals surface area contributed by atoms with Crippen LogP contribution in [0.3, 0.4) is 0 Å². The Kier molecular flexibility index (Phi) is 5.98. The fourth-order valence-corrected chi connectivity index (χ4v) is 5.09. The van der Waals surface area contributed by atoms with E-state index in [1.807, 2.05) is 4.72 Å². The number of methoxy groups -OCH3 is 1. The van der Waals surface area contributed by atoms with Crippen LogP contribution in [0.1, 0.15) is 15.9 Å². The highest BCUT2D eigenvalue weighted by atomic mass is 35.5. The summed E-state index contributed by atoms with van der Waals surface area (Å²) in [5.41, 5.74) is -0.249. The Morgan fingerprint density at radius 1 is 1.06 bits per heavy atom. The summed E-state index contributed by atoms with van der Waals surface area (Å²) >= 11 is 6.10. The molecule has 11 heteroatoms. The van der Waals surface area contributed by atoms with E-state index in [-0.39, 0.29) is 40.5 Å². The minimum absolute atomic E-state index is 0.0169. The van der Waals surface area contributed by atoms with E-state index in [0.29, 0.717) is 5.56 Å². The van der Waals surface area contributed by atoms with Gasteiger partial charge < -0.3 is 9.47 Å². The third-order valence-corrected chi connectivity index (χ3v) is 6.65. The van der Waals surface area contributed by atoms with Gasteiger partial charge in [0.1, 0.15) is 10.7 Å². The Morgan fingerprint density at radius 3 is 2.55 bits per heavy atom. The zero-order chi connectivity index (χ0) is 23.9. The highest BCUT2D eigenvalue weighted by Crippen LogP contribution is 2.37. The first kappa shape index (κ1) is 22.9. The molecule has 4 rings (SSSR count). The van der Waals surface area contributed by atoms with Gasteiger partial charge in [-0.1, -0.05) is 17.7 Å². The van der Waals surface area contributed by atoms with E-state index in [2.05, 4.69) is 0 Å². The van der Waals surface area contributed by atoms with Crippen molar-refractivity contribution in [3.63, 3.8) is 0 Å². The molecule has 1 aliphatic rings. The van der Waals surface area contributed by atoms with Crippen molar-refractivity contribution in [3.8, 4) is 16.9 Å². The lowest BCUT2D eigenvalue weighted by molar-refractivity contribution is 0.0509. The van der Waals surface area contributed by atoms with Crippen molar-refractivity contribution in [2.75, 3.05) is 18.4 Å². The number of carbonyl (C=O) groups excluding carboxylic acids is 1. The van der Waals surface area contributed by atoms with Crippen LogP contribution in [-0.4, -0.2) is 28.1 Å². The lowest BCUT2D eigenvalue weighted by Crippen LogP contribution is -2.18. The van der Waals surface area contributed by atoms with Gasteiger partial charge in [0.25, 0.3) is 10.0 Å². The number of sulfonamides is 1. The lowest BCUT2D eigenvalue weighted by Gasteiger charge is -2.17. The largest absolute Gasteiger partial charge is 0.494 e. The lowest BCUT2D eigenvalue weighted by atomic mass is 9.97. The Labute approximate surface area is 191 Å². The second-order valence-corrected chi connectivity index (χ2v) is 9.16. The summed E-state index contributed by atoms with van der Waals surface area (Å²) in [5, 5.41) is -0.208. The predicted octanol–water partition coefficient (Wildman–Crippen LogP) is 4.95. The van der Waals surface area contributed by atoms with E-state index >= 15 is 0 Å². The van der Waals surface area contributed by atoms with Gasteiger partial charge in [-0.15, -0.1) is 0 Å². The molecule has 3 aromatic rings. The average molecular weight is 498 g/mol. The summed E-state index contributed by atoms with van der Waals surface area (Å²) in [5.74, 6) is -4.64. The summed E-state index contributed by atoms with van der Waals surface area (Å²) in [6.07, 6.45) is 0.123. The SMILES string of the molecule is COc1c(Cl)cc2cc1S(=O)(=O)Nc1cc(cc(F)c1F)-c1cc(F)ccc1CCOC2=O. The first-order chi connectivity index (χ1) is 15.6. The van der Waals surface area contributed by atoms with E-state index in [0.717, 1.165) is 37.4 Å². The molecular weight excluding hydrogens is 483 g/mol. The predicted molar refractivity (Wildman–Crippen MR) is 115 cm³/mol. The molecule has 1 aliphatic heterocycles. The standard InChI is InChI=1S/C22H15ClF3NO5S/c1-31-21-16(23)6-13-9-19(21)33(29,30)27-18-8-12(7-17(25)20(18)26)15-10-14(24)3-2-11(15)4-5-32-22(13)28/h2-3,6-10,27H,4-5H2,1H3. The minimum atomic E-state index is -4.63. The second-order valence-electron chi connectivity index (χ2n) is 7.10. The number of hydrogen-bond donors (Lipinski definition) is 1. The molecule has 0 fully saturated rings. The number of cyclic esters (lactones) is 1. The van der Waals surface area contributed by atoms with Crippen LogP contribution in [0, 0.1) is 17.5 Å². The smallest absolute Gasteiger partial charge is 0.338 e. The fourth-order valence-electron chi connectivity index (χ4n) is 3.47. The van der Waals surface area contributed by atoms with Crippen molar-refractivity contribution in [3.05, 3.63) is 76.1 Å². The molecule has 0 spiro atoms. The molecule has 3 aromatic carbocycles. The molecule has 0 amide bonds. The van der Waals surface area contributed by atoms with Crippen LogP contribution in [0.15, 0.2) is 47.4 Å². The van der Waals surface area contributed by atoms with E-state index in [1.54, 1.807) is 0 Å². The van der Waals surface area contributed by atoms with E-state index < -0.39 is 44.0 Å². The van der Waals surface area contributed by atoms with Crippen LogP contribution >= 0.6 is 11.6 Å². The van der Waals surface area contributed by atoms with Crippen molar-refractivity contribution >= 4 is 33.3 Å². The van der Waals surface area contributed by atoms with Gasteiger partial charge in [0.2, 0.25) is 0 Å². The van der Waals surface area contributed by atoms with Gasteiger partial charge in [-0.2, -0.15) is 0 Å². The van der Waals surface area contributed by atoms with Gasteiger partial charge in [-0.05, 0) is 53.1 Å². The van der Waals surface area contributed by atoms with E-state index in [4.69, 9.17) is 21.1 Å². The summed E-state index contributed by atoms with van der Waals surface area (Å²) in [4.78, 5) is 11.9. The number of rotatable bonds is 1. The summed E-state index contributed by atoms with van der Waals surface area (Å²) < 4.78 is 81.4. The monoisotopic (exact) mass is 497 g/mol. The highest BCUT2D eigenvalue weighted by molar-refractivity contribution is 7.92. The summed E-state index contributed by atoms with van der Waals surface area (Å²) in [7, 11) is -3.47. The molecule has 0 saturated heterocycles. The molecule has 0 aliphatic carbocycles. The van der Waals surface area contributed by atoms with Crippen LogP contribution in [-0.2, 0) is 21.2 Å². The molecule has 1 heterocycles. The van der Waals surface area contributed by atoms with Crippen molar-refractivity contribution in [2.45, 2.75) is 11.3 Å². The molecule has 0 radical (unpaired) electrons. The second kappa shape index (κ2) is 8.60. The summed E-state index contributed by atoms with van der Waals surface area (Å²) in [6.45, 7) is -0.155. The number of anilines is 1. The maximum atomic E-state index is 14.6. The Morgan fingerprint density at radius 2 is 1.82 bits per heavy atom. The molecule has 0 atom stereocenters. The van der Waals surface area contributed by atoms with Crippen molar-refractivity contribution in [2.24, 2.45) is 0 Å². The topological polar surface area (TPSA) is 81.7 Å². The normalized spacial score (nSPS) is 15.0. The molecular formula is C22H15ClF3NO5S. The third-order valence-electron chi connectivity index (χ3n) is 5.00. The molecule has 1 N–H and O–H groups in total. The molecule has 33 heavy (non-hydrogen) atoms. The van der Waals surface area contributed by atoms with Crippen molar-refractivity contribution in [1.82, 2.24) is 0 Å². The number of hydrogen-bond acceptors (Lipinski definition) is 5. The zero-order valence-electron chi connectivity index (χ0n) is 16.9. The maximum absolute atomic E-state index is 14.6. The summed E-state index contributed by atoms with van der Waals surface area (Å²) in [6, 6.07) is 7.67. The van der Waals surface area contributed by atoms with Crippen LogP contribution in [0.4, 0.5) is 18.9 Å². The Bertz CT molecular complexity index is 1400. The number of carbonyl (C=O) groups is 1. The van der Waals surface area contributed by atoms with Crippen molar-refractivity contribution < 1.29 is 35.9 Å². The van der Waals surface area contributed by atoms with Gasteiger partial charge in [0.15, 0.2) is 17.4 Å². The quantitative estimate of drug-likeness (QED) is 0.481. The number of ether oxygens (including phenoxy) is 2. The number of nitrogens with one attached hydrogen (secondary N) is 1. The number of esters is 1. The van der Waals surface area contributed by atoms with Gasteiger partial charge in [0, 0.05) is 6.42 Å². The highest BCUT2D eigenvalue weighted by Gasteiger charge is 2.27.